The molecule has 0 aliphatic rings. The van der Waals surface area contributed by atoms with Crippen LogP contribution in [0.3, 0.4) is 0 Å². The second-order valence-corrected chi connectivity index (χ2v) is 4.88. The van der Waals surface area contributed by atoms with Crippen molar-refractivity contribution in [3.63, 3.8) is 0 Å². The van der Waals surface area contributed by atoms with E-state index in [4.69, 9.17) is 5.73 Å². The van der Waals surface area contributed by atoms with Crippen LogP contribution >= 0.6 is 0 Å². The third-order valence-corrected chi connectivity index (χ3v) is 3.29. The number of nitrogens with zero attached hydrogens (tertiary/aromatic N) is 1. The van der Waals surface area contributed by atoms with E-state index in [-0.39, 0.29) is 0 Å². The molecular formula is C15H20N2. The summed E-state index contributed by atoms with van der Waals surface area (Å²) < 4.78 is 2.30. The molecule has 0 unspecified atom stereocenters. The molecule has 2 nitrogen and oxygen atoms in total. The van der Waals surface area contributed by atoms with Crippen LogP contribution in [0.2, 0.25) is 0 Å². The monoisotopic (exact) mass is 228 g/mol. The molecule has 0 spiro atoms. The summed E-state index contributed by atoms with van der Waals surface area (Å²) in [6, 6.07) is 10.5. The van der Waals surface area contributed by atoms with Gasteiger partial charge in [0.25, 0.3) is 0 Å². The van der Waals surface area contributed by atoms with Gasteiger partial charge in [0.1, 0.15) is 0 Å². The molecule has 2 heteroatoms. The summed E-state index contributed by atoms with van der Waals surface area (Å²) in [6.45, 7) is 8.64. The van der Waals surface area contributed by atoms with Crippen molar-refractivity contribution in [1.82, 2.24) is 4.57 Å². The van der Waals surface area contributed by atoms with E-state index in [1.807, 2.05) is 12.1 Å². The SMILES string of the molecule is Cc1c(N)cccc1-n1c(C)ccc1C(C)C. The normalized spacial score (nSPS) is 11.1. The Bertz CT molecular complexity index is 536. The van der Waals surface area contributed by atoms with Gasteiger partial charge in [-0.15, -0.1) is 0 Å². The molecule has 0 aliphatic heterocycles. The number of rotatable bonds is 2. The first-order valence-corrected chi connectivity index (χ1v) is 6.06. The van der Waals surface area contributed by atoms with Crippen molar-refractivity contribution in [1.29, 1.82) is 0 Å². The maximum absolute atomic E-state index is 5.99. The third kappa shape index (κ3) is 1.95. The molecule has 1 heterocycles. The van der Waals surface area contributed by atoms with Crippen LogP contribution < -0.4 is 5.73 Å². The Hall–Kier alpha value is -1.70. The Morgan fingerprint density at radius 1 is 1.06 bits per heavy atom. The lowest BCUT2D eigenvalue weighted by atomic mass is 10.1. The Kier molecular flexibility index (Phi) is 2.97. The van der Waals surface area contributed by atoms with Crippen molar-refractivity contribution < 1.29 is 0 Å². The first-order valence-electron chi connectivity index (χ1n) is 6.06. The van der Waals surface area contributed by atoms with Gasteiger partial charge >= 0.3 is 0 Å². The van der Waals surface area contributed by atoms with Gasteiger partial charge in [-0.2, -0.15) is 0 Å². The number of nitrogens with two attached hydrogens (primary N) is 1. The zero-order chi connectivity index (χ0) is 12.6. The molecule has 0 fully saturated rings. The lowest BCUT2D eigenvalue weighted by Gasteiger charge is -2.17. The number of hydrogen-bond donors (Lipinski definition) is 1. The molecule has 0 saturated heterocycles. The fraction of sp³-hybridized carbons (Fsp3) is 0.333. The van der Waals surface area contributed by atoms with Crippen LogP contribution in [0.4, 0.5) is 5.69 Å². The van der Waals surface area contributed by atoms with Crippen molar-refractivity contribution >= 4 is 5.69 Å². The van der Waals surface area contributed by atoms with Gasteiger partial charge in [0, 0.05) is 17.1 Å². The molecule has 0 atom stereocenters. The Morgan fingerprint density at radius 2 is 1.76 bits per heavy atom. The van der Waals surface area contributed by atoms with Crippen molar-refractivity contribution in [2.24, 2.45) is 0 Å². The first-order chi connectivity index (χ1) is 8.02. The predicted molar refractivity (Wildman–Crippen MR) is 73.7 cm³/mol. The first kappa shape index (κ1) is 11.8. The fourth-order valence-corrected chi connectivity index (χ4v) is 2.22. The molecule has 0 aliphatic carbocycles. The Morgan fingerprint density at radius 3 is 2.41 bits per heavy atom. The average molecular weight is 228 g/mol. The summed E-state index contributed by atoms with van der Waals surface area (Å²) in [4.78, 5) is 0. The van der Waals surface area contributed by atoms with Gasteiger partial charge in [-0.1, -0.05) is 19.9 Å². The second kappa shape index (κ2) is 4.28. The number of nitrogen functional groups attached to an aromatic ring is 1. The maximum atomic E-state index is 5.99. The molecule has 0 saturated carbocycles. The molecule has 0 radical (unpaired) electrons. The van der Waals surface area contributed by atoms with Crippen LogP contribution in [0, 0.1) is 13.8 Å². The van der Waals surface area contributed by atoms with Gasteiger partial charge in [0.2, 0.25) is 0 Å². The van der Waals surface area contributed by atoms with Crippen molar-refractivity contribution in [3.05, 3.63) is 47.3 Å². The van der Waals surface area contributed by atoms with Gasteiger partial charge in [-0.3, -0.25) is 0 Å². The van der Waals surface area contributed by atoms with Crippen molar-refractivity contribution in [3.8, 4) is 5.69 Å². The van der Waals surface area contributed by atoms with Gasteiger partial charge < -0.3 is 10.3 Å². The van der Waals surface area contributed by atoms with Crippen molar-refractivity contribution in [2.45, 2.75) is 33.6 Å². The van der Waals surface area contributed by atoms with Crippen LogP contribution in [-0.4, -0.2) is 4.57 Å². The minimum absolute atomic E-state index is 0.504. The maximum Gasteiger partial charge on any atom is 0.0504 e. The lowest BCUT2D eigenvalue weighted by molar-refractivity contribution is 0.775. The Balaban J connectivity index is 2.68. The summed E-state index contributed by atoms with van der Waals surface area (Å²) in [6.07, 6.45) is 0. The van der Waals surface area contributed by atoms with Gasteiger partial charge in [-0.25, -0.2) is 0 Å². The fourth-order valence-electron chi connectivity index (χ4n) is 2.22. The van der Waals surface area contributed by atoms with E-state index in [9.17, 15) is 0 Å². The zero-order valence-electron chi connectivity index (χ0n) is 11.0. The summed E-state index contributed by atoms with van der Waals surface area (Å²) in [7, 11) is 0. The standard InChI is InChI=1S/C15H20N2/c1-10(2)14-9-8-11(3)17(14)15-7-5-6-13(16)12(15)4/h5-10H,16H2,1-4H3. The second-order valence-electron chi connectivity index (χ2n) is 4.88. The number of benzene rings is 1. The topological polar surface area (TPSA) is 30.9 Å². The van der Waals surface area contributed by atoms with E-state index >= 15 is 0 Å². The molecular weight excluding hydrogens is 208 g/mol. The summed E-state index contributed by atoms with van der Waals surface area (Å²) in [5, 5.41) is 0. The predicted octanol–water partition coefficient (Wildman–Crippen LogP) is 3.80. The number of aryl methyl sites for hydroxylation is 1. The summed E-state index contributed by atoms with van der Waals surface area (Å²) in [5.74, 6) is 0.504. The summed E-state index contributed by atoms with van der Waals surface area (Å²) in [5.41, 5.74) is 11.8. The molecule has 2 N–H and O–H groups in total. The largest absolute Gasteiger partial charge is 0.398 e. The smallest absolute Gasteiger partial charge is 0.0504 e. The molecule has 17 heavy (non-hydrogen) atoms. The quantitative estimate of drug-likeness (QED) is 0.779. The molecule has 0 amide bonds. The van der Waals surface area contributed by atoms with Crippen LogP contribution in [0.1, 0.15) is 36.7 Å². The molecule has 2 rings (SSSR count). The lowest BCUT2D eigenvalue weighted by Crippen LogP contribution is -2.06. The number of hydrogen-bond acceptors (Lipinski definition) is 1. The van der Waals surface area contributed by atoms with Crippen LogP contribution in [-0.2, 0) is 0 Å². The Labute approximate surface area is 103 Å². The average Bonchev–Trinajstić information content (AvgIpc) is 2.65. The number of anilines is 1. The van der Waals surface area contributed by atoms with E-state index in [0.29, 0.717) is 5.92 Å². The van der Waals surface area contributed by atoms with Crippen molar-refractivity contribution in [2.75, 3.05) is 5.73 Å². The van der Waals surface area contributed by atoms with Crippen LogP contribution in [0.25, 0.3) is 5.69 Å². The zero-order valence-corrected chi connectivity index (χ0v) is 11.0. The molecule has 0 bridgehead atoms. The number of aromatic nitrogens is 1. The van der Waals surface area contributed by atoms with E-state index in [1.54, 1.807) is 0 Å². The molecule has 1 aromatic carbocycles. The van der Waals surface area contributed by atoms with Gasteiger partial charge in [-0.05, 0) is 49.6 Å². The third-order valence-electron chi connectivity index (χ3n) is 3.29. The highest BCUT2D eigenvalue weighted by Crippen LogP contribution is 2.27. The highest BCUT2D eigenvalue weighted by atomic mass is 15.0. The summed E-state index contributed by atoms with van der Waals surface area (Å²) >= 11 is 0. The minimum Gasteiger partial charge on any atom is -0.398 e. The highest BCUT2D eigenvalue weighted by molar-refractivity contribution is 5.58. The van der Waals surface area contributed by atoms with Crippen LogP contribution in [0.5, 0.6) is 0 Å². The molecule has 90 valence electrons. The highest BCUT2D eigenvalue weighted by Gasteiger charge is 2.12. The van der Waals surface area contributed by atoms with E-state index in [0.717, 1.165) is 11.3 Å². The molecule has 2 aromatic rings. The van der Waals surface area contributed by atoms with Crippen LogP contribution in [0.15, 0.2) is 30.3 Å². The van der Waals surface area contributed by atoms with Gasteiger partial charge in [0.15, 0.2) is 0 Å². The molecule has 1 aromatic heterocycles. The van der Waals surface area contributed by atoms with E-state index in [2.05, 4.69) is 50.5 Å². The minimum atomic E-state index is 0.504. The van der Waals surface area contributed by atoms with Gasteiger partial charge in [0.05, 0.1) is 5.69 Å². The van der Waals surface area contributed by atoms with E-state index in [1.165, 1.54) is 17.1 Å². The van der Waals surface area contributed by atoms with E-state index < -0.39 is 0 Å².